The Balaban J connectivity index is 2.16. The molecule has 0 bridgehead atoms. The van der Waals surface area contributed by atoms with Gasteiger partial charge in [-0.1, -0.05) is 13.8 Å². The van der Waals surface area contributed by atoms with Crippen LogP contribution in [0.15, 0.2) is 24.7 Å². The second kappa shape index (κ2) is 6.61. The summed E-state index contributed by atoms with van der Waals surface area (Å²) in [7, 11) is 1.96. The second-order valence-electron chi connectivity index (χ2n) is 5.56. The monoisotopic (exact) mass is 273 g/mol. The molecule has 1 atom stereocenters. The molecule has 108 valence electrons. The van der Waals surface area contributed by atoms with Crippen LogP contribution in [0.4, 0.5) is 0 Å². The Hall–Kier alpha value is -1.75. The third-order valence-electron chi connectivity index (χ3n) is 3.26. The predicted molar refractivity (Wildman–Crippen MR) is 79.3 cm³/mol. The molecule has 0 fully saturated rings. The molecule has 0 amide bonds. The van der Waals surface area contributed by atoms with Crippen LogP contribution in [0, 0.1) is 12.8 Å². The first-order valence-electron chi connectivity index (χ1n) is 7.06. The molecular weight excluding hydrogens is 250 g/mol. The number of aryl methyl sites for hydroxylation is 1. The smallest absolute Gasteiger partial charge is 0.138 e. The molecule has 0 aliphatic rings. The van der Waals surface area contributed by atoms with Crippen LogP contribution in [-0.4, -0.2) is 26.8 Å². The Morgan fingerprint density at radius 2 is 2.10 bits per heavy atom. The van der Waals surface area contributed by atoms with Crippen molar-refractivity contribution < 1.29 is 0 Å². The van der Waals surface area contributed by atoms with Crippen molar-refractivity contribution in [3.05, 3.63) is 41.7 Å². The van der Waals surface area contributed by atoms with E-state index < -0.39 is 0 Å². The van der Waals surface area contributed by atoms with Crippen LogP contribution in [-0.2, 0) is 13.0 Å². The van der Waals surface area contributed by atoms with Gasteiger partial charge >= 0.3 is 0 Å². The highest BCUT2D eigenvalue weighted by atomic mass is 15.3. The lowest BCUT2D eigenvalue weighted by atomic mass is 10.1. The topological polar surface area (TPSA) is 55.6 Å². The quantitative estimate of drug-likeness (QED) is 0.876. The van der Waals surface area contributed by atoms with E-state index in [0.717, 1.165) is 24.5 Å². The first-order chi connectivity index (χ1) is 9.60. The van der Waals surface area contributed by atoms with Crippen LogP contribution in [0.2, 0.25) is 0 Å². The molecule has 2 rings (SSSR count). The normalized spacial score (nSPS) is 12.8. The zero-order valence-electron chi connectivity index (χ0n) is 12.7. The van der Waals surface area contributed by atoms with E-state index in [4.69, 9.17) is 0 Å². The Morgan fingerprint density at radius 1 is 1.30 bits per heavy atom. The number of hydrogen-bond acceptors (Lipinski definition) is 4. The third-order valence-corrected chi connectivity index (χ3v) is 3.26. The molecule has 5 heteroatoms. The largest absolute Gasteiger partial charge is 0.311 e. The second-order valence-corrected chi connectivity index (χ2v) is 5.56. The summed E-state index contributed by atoms with van der Waals surface area (Å²) in [5.74, 6) is 1.56. The fourth-order valence-corrected chi connectivity index (χ4v) is 2.23. The summed E-state index contributed by atoms with van der Waals surface area (Å²) in [4.78, 5) is 8.85. The highest BCUT2D eigenvalue weighted by molar-refractivity contribution is 5.18. The van der Waals surface area contributed by atoms with E-state index in [9.17, 15) is 0 Å². The van der Waals surface area contributed by atoms with E-state index in [1.165, 1.54) is 5.56 Å². The van der Waals surface area contributed by atoms with E-state index in [2.05, 4.69) is 47.2 Å². The lowest BCUT2D eigenvalue weighted by Crippen LogP contribution is -2.22. The van der Waals surface area contributed by atoms with E-state index in [-0.39, 0.29) is 6.04 Å². The Morgan fingerprint density at radius 3 is 2.75 bits per heavy atom. The summed E-state index contributed by atoms with van der Waals surface area (Å²) >= 11 is 0. The first kappa shape index (κ1) is 14.7. The number of pyridine rings is 1. The molecule has 1 N–H and O–H groups in total. The average Bonchev–Trinajstić information content (AvgIpc) is 2.82. The molecule has 0 aliphatic heterocycles. The molecule has 0 radical (unpaired) electrons. The van der Waals surface area contributed by atoms with Crippen molar-refractivity contribution >= 4 is 0 Å². The maximum atomic E-state index is 4.46. The van der Waals surface area contributed by atoms with Gasteiger partial charge in [0.2, 0.25) is 0 Å². The van der Waals surface area contributed by atoms with E-state index in [1.807, 2.05) is 24.0 Å². The summed E-state index contributed by atoms with van der Waals surface area (Å²) in [6.07, 6.45) is 4.28. The Kier molecular flexibility index (Phi) is 4.84. The van der Waals surface area contributed by atoms with Gasteiger partial charge in [0.15, 0.2) is 0 Å². The van der Waals surface area contributed by atoms with Gasteiger partial charge in [0.05, 0.1) is 11.7 Å². The van der Waals surface area contributed by atoms with Crippen molar-refractivity contribution in [2.45, 2.75) is 39.8 Å². The van der Waals surface area contributed by atoms with Crippen molar-refractivity contribution in [2.24, 2.45) is 5.92 Å². The van der Waals surface area contributed by atoms with Crippen LogP contribution in [0.3, 0.4) is 0 Å². The van der Waals surface area contributed by atoms with Gasteiger partial charge in [-0.05, 0) is 37.6 Å². The van der Waals surface area contributed by atoms with Crippen molar-refractivity contribution in [3.8, 4) is 0 Å². The van der Waals surface area contributed by atoms with Crippen LogP contribution >= 0.6 is 0 Å². The molecule has 2 heterocycles. The fraction of sp³-hybridized carbons (Fsp3) is 0.533. The molecular formula is C15H23N5. The summed E-state index contributed by atoms with van der Waals surface area (Å²) in [6, 6.07) is 4.28. The van der Waals surface area contributed by atoms with Crippen molar-refractivity contribution in [3.63, 3.8) is 0 Å². The first-order valence-corrected chi connectivity index (χ1v) is 7.06. The van der Waals surface area contributed by atoms with Gasteiger partial charge in [-0.25, -0.2) is 9.67 Å². The summed E-state index contributed by atoms with van der Waals surface area (Å²) in [5.41, 5.74) is 2.27. The van der Waals surface area contributed by atoms with Crippen LogP contribution in [0.1, 0.15) is 37.0 Å². The van der Waals surface area contributed by atoms with Crippen LogP contribution in [0.5, 0.6) is 0 Å². The minimum atomic E-state index is 0.157. The zero-order chi connectivity index (χ0) is 14.5. The lowest BCUT2D eigenvalue weighted by molar-refractivity contribution is 0.449. The van der Waals surface area contributed by atoms with Gasteiger partial charge < -0.3 is 5.32 Å². The minimum absolute atomic E-state index is 0.157. The van der Waals surface area contributed by atoms with Gasteiger partial charge in [-0.2, -0.15) is 5.10 Å². The average molecular weight is 273 g/mol. The maximum Gasteiger partial charge on any atom is 0.138 e. The SMILES string of the molecule is CNC(Cc1ncnn1CC(C)C)c1cc(C)ccn1. The lowest BCUT2D eigenvalue weighted by Gasteiger charge is -2.16. The molecule has 1 unspecified atom stereocenters. The Labute approximate surface area is 120 Å². The predicted octanol–water partition coefficient (Wildman–Crippen LogP) is 2.14. The number of rotatable bonds is 6. The standard InChI is InChI=1S/C15H23N5/c1-11(2)9-20-15(18-10-19-20)8-13(16-4)14-7-12(3)5-6-17-14/h5-7,10-11,13,16H,8-9H2,1-4H3. The summed E-state index contributed by atoms with van der Waals surface area (Å²) < 4.78 is 1.99. The van der Waals surface area contributed by atoms with Crippen LogP contribution in [0.25, 0.3) is 0 Å². The summed E-state index contributed by atoms with van der Waals surface area (Å²) in [5, 5.41) is 7.63. The fourth-order valence-electron chi connectivity index (χ4n) is 2.23. The molecule has 20 heavy (non-hydrogen) atoms. The van der Waals surface area contributed by atoms with Gasteiger partial charge in [0.25, 0.3) is 0 Å². The van der Waals surface area contributed by atoms with Crippen molar-refractivity contribution in [2.75, 3.05) is 7.05 Å². The number of nitrogens with one attached hydrogen (secondary N) is 1. The molecule has 2 aromatic rings. The highest BCUT2D eigenvalue weighted by Crippen LogP contribution is 2.16. The van der Waals surface area contributed by atoms with Gasteiger partial charge in [-0.3, -0.25) is 4.98 Å². The number of hydrogen-bond donors (Lipinski definition) is 1. The highest BCUT2D eigenvalue weighted by Gasteiger charge is 2.16. The van der Waals surface area contributed by atoms with Crippen molar-refractivity contribution in [1.82, 2.24) is 25.1 Å². The van der Waals surface area contributed by atoms with Crippen LogP contribution < -0.4 is 5.32 Å². The van der Waals surface area contributed by atoms with E-state index in [0.29, 0.717) is 5.92 Å². The summed E-state index contributed by atoms with van der Waals surface area (Å²) in [6.45, 7) is 7.35. The van der Waals surface area contributed by atoms with Crippen molar-refractivity contribution in [1.29, 1.82) is 0 Å². The molecule has 2 aromatic heterocycles. The number of aromatic nitrogens is 4. The number of nitrogens with zero attached hydrogens (tertiary/aromatic N) is 4. The maximum absolute atomic E-state index is 4.46. The molecule has 0 aliphatic carbocycles. The van der Waals surface area contributed by atoms with E-state index in [1.54, 1.807) is 6.33 Å². The molecule has 0 saturated carbocycles. The van der Waals surface area contributed by atoms with E-state index >= 15 is 0 Å². The molecule has 0 spiro atoms. The zero-order valence-corrected chi connectivity index (χ0v) is 12.7. The van der Waals surface area contributed by atoms with Gasteiger partial charge in [0.1, 0.15) is 12.2 Å². The molecule has 5 nitrogen and oxygen atoms in total. The van der Waals surface area contributed by atoms with Gasteiger partial charge in [0, 0.05) is 19.2 Å². The molecule has 0 aromatic carbocycles. The third kappa shape index (κ3) is 3.63. The minimum Gasteiger partial charge on any atom is -0.311 e. The van der Waals surface area contributed by atoms with Gasteiger partial charge in [-0.15, -0.1) is 0 Å². The number of likely N-dealkylation sites (N-methyl/N-ethyl adjacent to an activating group) is 1. The Bertz CT molecular complexity index is 547. The molecule has 0 saturated heterocycles.